The predicted molar refractivity (Wildman–Crippen MR) is 129 cm³/mol. The summed E-state index contributed by atoms with van der Waals surface area (Å²) >= 11 is 0. The molecule has 0 saturated carbocycles. The summed E-state index contributed by atoms with van der Waals surface area (Å²) in [5.41, 5.74) is -1.93. The molecule has 32 heavy (non-hydrogen) atoms. The fourth-order valence-corrected chi connectivity index (χ4v) is 4.18. The molecule has 3 atom stereocenters. The molecule has 0 aliphatic heterocycles. The van der Waals surface area contributed by atoms with Crippen LogP contribution in [0.5, 0.6) is 0 Å². The number of hydrogen-bond acceptors (Lipinski definition) is 5. The zero-order chi connectivity index (χ0) is 24.1. The molecule has 7 nitrogen and oxygen atoms in total. The van der Waals surface area contributed by atoms with E-state index in [4.69, 9.17) is 14.7 Å². The fraction of sp³-hybridized carbons (Fsp3) is 0.958. The molecule has 0 fully saturated rings. The Morgan fingerprint density at radius 2 is 1.25 bits per heavy atom. The van der Waals surface area contributed by atoms with Crippen LogP contribution < -0.4 is 0 Å². The van der Waals surface area contributed by atoms with E-state index in [1.807, 2.05) is 0 Å². The highest BCUT2D eigenvalue weighted by Crippen LogP contribution is 2.42. The molecule has 0 aromatic heterocycles. The number of carboxylic acid groups (broad SMARTS) is 1. The first-order valence-corrected chi connectivity index (χ1v) is 14.4. The lowest BCUT2D eigenvalue weighted by atomic mass is 9.98. The molecule has 0 aromatic rings. The van der Waals surface area contributed by atoms with E-state index in [-0.39, 0.29) is 6.61 Å². The van der Waals surface area contributed by atoms with Crippen LogP contribution in [0.2, 0.25) is 0 Å². The van der Waals surface area contributed by atoms with Crippen molar-refractivity contribution < 1.29 is 33.7 Å². The van der Waals surface area contributed by atoms with E-state index >= 15 is 0 Å². The molecule has 0 radical (unpaired) electrons. The average Bonchev–Trinajstić information content (AvgIpc) is 2.76. The maximum absolute atomic E-state index is 11.1. The van der Waals surface area contributed by atoms with E-state index in [2.05, 4.69) is 18.4 Å². The molecule has 0 saturated heterocycles. The van der Waals surface area contributed by atoms with Crippen molar-refractivity contribution in [2.45, 2.75) is 123 Å². The van der Waals surface area contributed by atoms with Crippen LogP contribution in [0.3, 0.4) is 0 Å². The minimum absolute atomic E-state index is 0.0468. The van der Waals surface area contributed by atoms with E-state index in [0.717, 1.165) is 12.8 Å². The van der Waals surface area contributed by atoms with Crippen LogP contribution in [-0.4, -0.2) is 46.7 Å². The van der Waals surface area contributed by atoms with Gasteiger partial charge in [-0.3, -0.25) is 4.52 Å². The quantitative estimate of drug-likeness (QED) is 0.0993. The number of hydrogen-bond donors (Lipinski definition) is 3. The summed E-state index contributed by atoms with van der Waals surface area (Å²) in [6.07, 6.45) is 19.8. The van der Waals surface area contributed by atoms with Crippen molar-refractivity contribution in [3.8, 4) is 0 Å². The Hall–Kier alpha value is -0.460. The maximum Gasteiger partial charge on any atom is 0.435 e. The number of unbranched alkanes of at least 4 members (excludes halogenated alkanes) is 13. The molecule has 0 aromatic carbocycles. The van der Waals surface area contributed by atoms with Crippen LogP contribution in [-0.2, 0) is 13.8 Å². The van der Waals surface area contributed by atoms with Gasteiger partial charge < -0.3 is 19.8 Å². The molecule has 0 bridgehead atoms. The van der Waals surface area contributed by atoms with Gasteiger partial charge in [-0.15, -0.1) is 0 Å². The first kappa shape index (κ1) is 31.5. The topological polar surface area (TPSA) is 113 Å². The molecule has 0 heterocycles. The van der Waals surface area contributed by atoms with Gasteiger partial charge in [0.1, 0.15) is 6.10 Å². The van der Waals surface area contributed by atoms with Crippen LogP contribution in [0.25, 0.3) is 0 Å². The van der Waals surface area contributed by atoms with Gasteiger partial charge >= 0.3 is 13.3 Å². The third-order valence-corrected chi connectivity index (χ3v) is 6.87. The lowest BCUT2D eigenvalue weighted by Gasteiger charge is -2.17. The lowest BCUT2D eigenvalue weighted by Crippen LogP contribution is -2.23. The zero-order valence-corrected chi connectivity index (χ0v) is 21.4. The third kappa shape index (κ3) is 19.0. The molecule has 3 N–H and O–H groups in total. The van der Waals surface area contributed by atoms with E-state index in [1.165, 1.54) is 89.9 Å². The van der Waals surface area contributed by atoms with Gasteiger partial charge in [-0.2, -0.15) is 0 Å². The highest BCUT2D eigenvalue weighted by Gasteiger charge is 2.31. The van der Waals surface area contributed by atoms with Gasteiger partial charge in [-0.25, -0.2) is 9.36 Å². The summed E-state index contributed by atoms with van der Waals surface area (Å²) in [6, 6.07) is 0. The minimum atomic E-state index is -4.71. The van der Waals surface area contributed by atoms with Crippen LogP contribution in [0, 0.1) is 5.92 Å². The van der Waals surface area contributed by atoms with E-state index in [9.17, 15) is 14.5 Å². The molecule has 0 aliphatic rings. The summed E-state index contributed by atoms with van der Waals surface area (Å²) in [5.74, 6) is 0.420. The van der Waals surface area contributed by atoms with E-state index in [0.29, 0.717) is 12.5 Å². The van der Waals surface area contributed by atoms with Crippen molar-refractivity contribution in [2.24, 2.45) is 5.92 Å². The Balaban J connectivity index is 3.54. The average molecular weight is 481 g/mol. The minimum Gasteiger partial charge on any atom is -0.472 e. The van der Waals surface area contributed by atoms with Crippen LogP contribution >= 0.6 is 7.60 Å². The monoisotopic (exact) mass is 480 g/mol. The van der Waals surface area contributed by atoms with Crippen molar-refractivity contribution in [1.29, 1.82) is 0 Å². The second-order valence-electron chi connectivity index (χ2n) is 8.95. The molecule has 0 spiro atoms. The van der Waals surface area contributed by atoms with Gasteiger partial charge in [0.2, 0.25) is 0 Å². The smallest absolute Gasteiger partial charge is 0.435 e. The lowest BCUT2D eigenvalue weighted by molar-refractivity contribution is -0.00269. The largest absolute Gasteiger partial charge is 0.472 e. The highest BCUT2D eigenvalue weighted by molar-refractivity contribution is 7.70. The van der Waals surface area contributed by atoms with Gasteiger partial charge in [0.15, 0.2) is 0 Å². The summed E-state index contributed by atoms with van der Waals surface area (Å²) in [6.45, 7) is 4.30. The fourth-order valence-electron chi connectivity index (χ4n) is 3.69. The first-order chi connectivity index (χ1) is 15.3. The molecular weight excluding hydrogens is 431 g/mol. The number of carbonyl (C=O) groups is 1. The Kier molecular flexibility index (Phi) is 20.8. The van der Waals surface area contributed by atoms with Crippen molar-refractivity contribution in [3.63, 3.8) is 0 Å². The van der Waals surface area contributed by atoms with E-state index < -0.39 is 26.0 Å². The zero-order valence-electron chi connectivity index (χ0n) is 20.5. The Labute approximate surface area is 195 Å². The molecule has 192 valence electrons. The van der Waals surface area contributed by atoms with Gasteiger partial charge in [0, 0.05) is 6.61 Å². The predicted octanol–water partition coefficient (Wildman–Crippen LogP) is 7.14. The van der Waals surface area contributed by atoms with Crippen molar-refractivity contribution in [2.75, 3.05) is 19.8 Å². The molecule has 8 heteroatoms. The molecule has 0 aliphatic carbocycles. The number of aliphatic hydroxyl groups is 1. The second-order valence-corrected chi connectivity index (χ2v) is 10.6. The second kappa shape index (κ2) is 21.1. The van der Waals surface area contributed by atoms with Crippen molar-refractivity contribution >= 4 is 13.3 Å². The van der Waals surface area contributed by atoms with Gasteiger partial charge in [0.25, 0.3) is 0 Å². The molecule has 0 rings (SSSR count). The number of aliphatic hydroxyl groups excluding tert-OH is 1. The Bertz CT molecular complexity index is 487. The summed E-state index contributed by atoms with van der Waals surface area (Å²) in [5, 5.41) is 18.2. The molecule has 0 amide bonds. The number of rotatable bonds is 24. The molecular formula is C24H49O7P. The standard InChI is InChI=1S/C24H49O7P/c1-3-5-6-7-8-9-10-11-12-13-14-15-16-17-18-22(4-2)19-30-20-23(25)21-31-32(28,29)24(26)27/h22-23,25H,3-21H2,1-2H3,(H,26,27)(H,28,29)/t22?,23-/m1/s1. The first-order valence-electron chi connectivity index (χ1n) is 12.8. The van der Waals surface area contributed by atoms with Gasteiger partial charge in [0.05, 0.1) is 13.2 Å². The van der Waals surface area contributed by atoms with E-state index in [1.54, 1.807) is 0 Å². The highest BCUT2D eigenvalue weighted by atomic mass is 31.2. The normalized spacial score (nSPS) is 15.4. The van der Waals surface area contributed by atoms with Gasteiger partial charge in [-0.05, 0) is 12.3 Å². The third-order valence-electron chi connectivity index (χ3n) is 5.89. The van der Waals surface area contributed by atoms with Crippen molar-refractivity contribution in [1.82, 2.24) is 0 Å². The van der Waals surface area contributed by atoms with Crippen LogP contribution in [0.4, 0.5) is 4.79 Å². The Morgan fingerprint density at radius 3 is 1.69 bits per heavy atom. The van der Waals surface area contributed by atoms with Crippen molar-refractivity contribution in [3.05, 3.63) is 0 Å². The summed E-state index contributed by atoms with van der Waals surface area (Å²) < 4.78 is 21.0. The summed E-state index contributed by atoms with van der Waals surface area (Å²) in [7, 11) is -4.71. The summed E-state index contributed by atoms with van der Waals surface area (Å²) in [4.78, 5) is 19.5. The SMILES string of the molecule is CCCCCCCCCCCCCCCCC(CC)COC[C@@H](O)COP(=O)(O)C(=O)O. The number of ether oxygens (including phenoxy) is 1. The van der Waals surface area contributed by atoms with Crippen LogP contribution in [0.15, 0.2) is 0 Å². The van der Waals surface area contributed by atoms with Crippen LogP contribution in [0.1, 0.15) is 117 Å². The van der Waals surface area contributed by atoms with Gasteiger partial charge in [-0.1, -0.05) is 110 Å². The maximum atomic E-state index is 11.1. The Morgan fingerprint density at radius 1 is 0.781 bits per heavy atom. The molecule has 2 unspecified atom stereocenters.